The van der Waals surface area contributed by atoms with Gasteiger partial charge in [-0.05, 0) is 43.4 Å². The molecule has 1 aromatic rings. The molecule has 1 aliphatic rings. The molecule has 0 aliphatic heterocycles. The molecule has 0 bridgehead atoms. The van der Waals surface area contributed by atoms with E-state index in [-0.39, 0.29) is 17.4 Å². The lowest BCUT2D eigenvalue weighted by Gasteiger charge is -2.14. The second-order valence-electron chi connectivity index (χ2n) is 5.46. The fourth-order valence-electron chi connectivity index (χ4n) is 2.18. The van der Waals surface area contributed by atoms with Gasteiger partial charge in [0.25, 0.3) is 11.8 Å². The van der Waals surface area contributed by atoms with Crippen molar-refractivity contribution < 1.29 is 19.5 Å². The molecule has 0 aromatic heterocycles. The van der Waals surface area contributed by atoms with Crippen molar-refractivity contribution in [1.29, 1.82) is 0 Å². The summed E-state index contributed by atoms with van der Waals surface area (Å²) in [4.78, 5) is 35.2. The number of carboxylic acids is 1. The van der Waals surface area contributed by atoms with E-state index >= 15 is 0 Å². The highest BCUT2D eigenvalue weighted by molar-refractivity contribution is 6.00. The maximum Gasteiger partial charge on any atom is 0.326 e. The average Bonchev–Trinajstić information content (AvgIpc) is 3.34. The molecule has 0 radical (unpaired) electrons. The van der Waals surface area contributed by atoms with Crippen molar-refractivity contribution in [3.8, 4) is 0 Å². The zero-order valence-electron chi connectivity index (χ0n) is 12.5. The molecular weight excluding hydrogens is 284 g/mol. The van der Waals surface area contributed by atoms with Crippen molar-refractivity contribution >= 4 is 17.8 Å². The van der Waals surface area contributed by atoms with Crippen LogP contribution in [0.5, 0.6) is 0 Å². The molecule has 1 aliphatic carbocycles. The maximum absolute atomic E-state index is 12.2. The topological polar surface area (TPSA) is 95.5 Å². The van der Waals surface area contributed by atoms with Crippen LogP contribution in [0.2, 0.25) is 0 Å². The summed E-state index contributed by atoms with van der Waals surface area (Å²) in [5, 5.41) is 14.4. The predicted molar refractivity (Wildman–Crippen MR) is 80.7 cm³/mol. The minimum absolute atomic E-state index is 0.0116. The number of rotatable bonds is 7. The van der Waals surface area contributed by atoms with Gasteiger partial charge in [-0.15, -0.1) is 0 Å². The van der Waals surface area contributed by atoms with Crippen LogP contribution in [-0.2, 0) is 4.79 Å². The lowest BCUT2D eigenvalue weighted by Crippen LogP contribution is -2.42. The quantitative estimate of drug-likeness (QED) is 0.710. The molecule has 6 heteroatoms. The van der Waals surface area contributed by atoms with Gasteiger partial charge in [0, 0.05) is 17.7 Å². The van der Waals surface area contributed by atoms with Gasteiger partial charge >= 0.3 is 5.97 Å². The van der Waals surface area contributed by atoms with Crippen LogP contribution in [0.3, 0.4) is 0 Å². The van der Waals surface area contributed by atoms with Gasteiger partial charge in [-0.1, -0.05) is 13.0 Å². The van der Waals surface area contributed by atoms with Crippen LogP contribution < -0.4 is 10.6 Å². The minimum Gasteiger partial charge on any atom is -0.480 e. The van der Waals surface area contributed by atoms with Gasteiger partial charge in [-0.3, -0.25) is 9.59 Å². The molecule has 1 unspecified atom stereocenters. The highest BCUT2D eigenvalue weighted by Gasteiger charge is 2.37. The van der Waals surface area contributed by atoms with Gasteiger partial charge in [0.2, 0.25) is 0 Å². The van der Waals surface area contributed by atoms with Crippen LogP contribution in [0.15, 0.2) is 24.3 Å². The summed E-state index contributed by atoms with van der Waals surface area (Å²) in [6, 6.07) is 5.43. The van der Waals surface area contributed by atoms with Crippen LogP contribution in [0.1, 0.15) is 46.9 Å². The van der Waals surface area contributed by atoms with Crippen LogP contribution >= 0.6 is 0 Å². The van der Waals surface area contributed by atoms with Gasteiger partial charge in [0.15, 0.2) is 0 Å². The number of carbonyl (C=O) groups excluding carboxylic acids is 2. The molecule has 22 heavy (non-hydrogen) atoms. The van der Waals surface area contributed by atoms with Gasteiger partial charge in [-0.2, -0.15) is 0 Å². The average molecular weight is 304 g/mol. The summed E-state index contributed by atoms with van der Waals surface area (Å²) in [5.41, 5.74) is 0.676. The number of nitrogens with one attached hydrogen (secondary N) is 2. The number of carboxylic acid groups (broad SMARTS) is 1. The molecule has 1 aromatic carbocycles. The summed E-state index contributed by atoms with van der Waals surface area (Å²) in [7, 11) is 0. The summed E-state index contributed by atoms with van der Waals surface area (Å²) < 4.78 is 0. The van der Waals surface area contributed by atoms with Crippen LogP contribution in [0.25, 0.3) is 0 Å². The Kier molecular flexibility index (Phi) is 5.14. The zero-order valence-corrected chi connectivity index (χ0v) is 12.5. The molecule has 1 saturated carbocycles. The molecule has 118 valence electrons. The smallest absolute Gasteiger partial charge is 0.326 e. The van der Waals surface area contributed by atoms with Crippen LogP contribution in [0.4, 0.5) is 0 Å². The third kappa shape index (κ3) is 4.07. The number of benzene rings is 1. The predicted octanol–water partition coefficient (Wildman–Crippen LogP) is 1.42. The summed E-state index contributed by atoms with van der Waals surface area (Å²) in [6.45, 7) is 2.52. The number of hydrogen-bond donors (Lipinski definition) is 3. The summed E-state index contributed by atoms with van der Waals surface area (Å²) in [6.07, 6.45) is 2.46. The normalized spacial score (nSPS) is 15.0. The van der Waals surface area contributed by atoms with Crippen molar-refractivity contribution in [3.63, 3.8) is 0 Å². The van der Waals surface area contributed by atoms with E-state index in [1.165, 1.54) is 6.07 Å². The molecule has 6 nitrogen and oxygen atoms in total. The number of amides is 2. The van der Waals surface area contributed by atoms with Gasteiger partial charge in [0.05, 0.1) is 0 Å². The maximum atomic E-state index is 12.2. The number of aliphatic carboxylic acids is 1. The molecule has 0 heterocycles. The van der Waals surface area contributed by atoms with Crippen LogP contribution in [-0.4, -0.2) is 35.5 Å². The molecule has 0 saturated heterocycles. The molecule has 2 amide bonds. The second-order valence-corrected chi connectivity index (χ2v) is 5.46. The lowest BCUT2D eigenvalue weighted by molar-refractivity contribution is -0.139. The van der Waals surface area contributed by atoms with Gasteiger partial charge in [-0.25, -0.2) is 4.79 Å². The first-order valence-corrected chi connectivity index (χ1v) is 7.45. The third-order valence-electron chi connectivity index (χ3n) is 3.57. The second kappa shape index (κ2) is 7.06. The molecular formula is C16H20N2O4. The first-order valence-electron chi connectivity index (χ1n) is 7.45. The van der Waals surface area contributed by atoms with E-state index in [9.17, 15) is 14.4 Å². The highest BCUT2D eigenvalue weighted by atomic mass is 16.4. The monoisotopic (exact) mass is 304 g/mol. The summed E-state index contributed by atoms with van der Waals surface area (Å²) in [5.74, 6) is -1.72. The van der Waals surface area contributed by atoms with Crippen molar-refractivity contribution in [2.45, 2.75) is 32.2 Å². The van der Waals surface area contributed by atoms with Gasteiger partial charge in [0.1, 0.15) is 6.04 Å². The van der Waals surface area contributed by atoms with Crippen molar-refractivity contribution in [1.82, 2.24) is 10.6 Å². The van der Waals surface area contributed by atoms with Crippen molar-refractivity contribution in [2.75, 3.05) is 6.54 Å². The Labute approximate surface area is 128 Å². The Morgan fingerprint density at radius 1 is 1.23 bits per heavy atom. The Morgan fingerprint density at radius 2 is 1.86 bits per heavy atom. The molecule has 1 fully saturated rings. The third-order valence-corrected chi connectivity index (χ3v) is 3.57. The molecule has 2 rings (SSSR count). The van der Waals surface area contributed by atoms with E-state index in [1.807, 2.05) is 6.92 Å². The van der Waals surface area contributed by atoms with Crippen LogP contribution in [0, 0.1) is 5.92 Å². The molecule has 0 spiro atoms. The molecule has 3 N–H and O–H groups in total. The number of hydrogen-bond acceptors (Lipinski definition) is 3. The fourth-order valence-corrected chi connectivity index (χ4v) is 2.18. The Morgan fingerprint density at radius 3 is 2.41 bits per heavy atom. The van der Waals surface area contributed by atoms with E-state index in [0.717, 1.165) is 19.3 Å². The van der Waals surface area contributed by atoms with E-state index < -0.39 is 17.9 Å². The first kappa shape index (κ1) is 16.0. The Balaban J connectivity index is 2.06. The standard InChI is InChI=1S/C16H20N2O4/c1-2-8-17-14(19)11-4-3-5-12(9-11)15(20)18-13(16(21)22)10-6-7-10/h3-5,9-10,13H,2,6-8H2,1H3,(H,17,19)(H,18,20)(H,21,22). The Hall–Kier alpha value is -2.37. The minimum atomic E-state index is -1.02. The fraction of sp³-hybridized carbons (Fsp3) is 0.438. The highest BCUT2D eigenvalue weighted by Crippen LogP contribution is 2.32. The first-order chi connectivity index (χ1) is 10.5. The van der Waals surface area contributed by atoms with Crippen molar-refractivity contribution in [2.24, 2.45) is 5.92 Å². The number of carbonyl (C=O) groups is 3. The van der Waals surface area contributed by atoms with Crippen molar-refractivity contribution in [3.05, 3.63) is 35.4 Å². The SMILES string of the molecule is CCCNC(=O)c1cccc(C(=O)NC(C(=O)O)C2CC2)c1. The Bertz CT molecular complexity index is 581. The van der Waals surface area contributed by atoms with E-state index in [1.54, 1.807) is 18.2 Å². The zero-order chi connectivity index (χ0) is 16.1. The summed E-state index contributed by atoms with van der Waals surface area (Å²) >= 11 is 0. The van der Waals surface area contributed by atoms with Gasteiger partial charge < -0.3 is 15.7 Å². The molecule has 1 atom stereocenters. The largest absolute Gasteiger partial charge is 0.480 e. The van der Waals surface area contributed by atoms with E-state index in [4.69, 9.17) is 5.11 Å². The van der Waals surface area contributed by atoms with E-state index in [0.29, 0.717) is 12.1 Å². The lowest BCUT2D eigenvalue weighted by atomic mass is 10.1. The van der Waals surface area contributed by atoms with E-state index in [2.05, 4.69) is 10.6 Å².